The molecule has 0 atom stereocenters. The summed E-state index contributed by atoms with van der Waals surface area (Å²) in [7, 11) is 0. The van der Waals surface area contributed by atoms with Crippen molar-refractivity contribution in [2.45, 2.75) is 0 Å². The standard InChI is InChI=1S/C50H31N5/c1-3-11-38-29-40(26-20-32(38)9-1)45-31-44(51-49(52-45)41-27-21-33-10-2-4-12-39(33)30-41)36-22-16-34(17-23-36)35-18-24-37(25-19-35)47-42-13-5-6-14-43(42)48-50(54-47)55-28-8-7-15-46(55)53-48/h1-31H. The molecule has 4 aromatic heterocycles. The van der Waals surface area contributed by atoms with Crippen LogP contribution in [0.4, 0.5) is 0 Å². The van der Waals surface area contributed by atoms with Gasteiger partial charge in [0.15, 0.2) is 11.5 Å². The van der Waals surface area contributed by atoms with Crippen molar-refractivity contribution in [3.8, 4) is 56.3 Å². The predicted molar refractivity (Wildman–Crippen MR) is 226 cm³/mol. The van der Waals surface area contributed by atoms with Gasteiger partial charge < -0.3 is 0 Å². The number of imidazole rings is 1. The van der Waals surface area contributed by atoms with Gasteiger partial charge in [-0.1, -0.05) is 152 Å². The smallest absolute Gasteiger partial charge is 0.165 e. The summed E-state index contributed by atoms with van der Waals surface area (Å²) in [5.41, 5.74) is 11.8. The highest BCUT2D eigenvalue weighted by atomic mass is 15.1. The minimum absolute atomic E-state index is 0.703. The zero-order chi connectivity index (χ0) is 36.3. The molecular formula is C50H31N5. The summed E-state index contributed by atoms with van der Waals surface area (Å²) >= 11 is 0. The average molecular weight is 702 g/mol. The van der Waals surface area contributed by atoms with Crippen LogP contribution in [0.2, 0.25) is 0 Å². The van der Waals surface area contributed by atoms with Crippen LogP contribution in [-0.4, -0.2) is 24.3 Å². The summed E-state index contributed by atoms with van der Waals surface area (Å²) in [5, 5.41) is 6.93. The van der Waals surface area contributed by atoms with Crippen LogP contribution in [0.5, 0.6) is 0 Å². The Balaban J connectivity index is 0.966. The Bertz CT molecular complexity index is 3160. The fourth-order valence-electron chi connectivity index (χ4n) is 7.76. The minimum Gasteiger partial charge on any atom is -0.284 e. The first-order chi connectivity index (χ1) is 27.2. The Labute approximate surface area is 316 Å². The molecule has 0 fully saturated rings. The van der Waals surface area contributed by atoms with Crippen LogP contribution in [-0.2, 0) is 0 Å². The highest BCUT2D eigenvalue weighted by Crippen LogP contribution is 2.35. The molecule has 11 rings (SSSR count). The van der Waals surface area contributed by atoms with Crippen LogP contribution in [0.1, 0.15) is 0 Å². The van der Waals surface area contributed by atoms with Crippen LogP contribution >= 0.6 is 0 Å². The van der Waals surface area contributed by atoms with E-state index in [1.54, 1.807) is 0 Å². The van der Waals surface area contributed by atoms with Crippen molar-refractivity contribution >= 4 is 49.1 Å². The molecule has 4 heterocycles. The van der Waals surface area contributed by atoms with Crippen LogP contribution in [0, 0.1) is 0 Å². The lowest BCUT2D eigenvalue weighted by Gasteiger charge is -2.11. The molecule has 11 aromatic rings. The van der Waals surface area contributed by atoms with Crippen LogP contribution in [0.15, 0.2) is 188 Å². The maximum absolute atomic E-state index is 5.19. The van der Waals surface area contributed by atoms with Gasteiger partial charge in [-0.15, -0.1) is 0 Å². The van der Waals surface area contributed by atoms with E-state index in [0.717, 1.165) is 83.4 Å². The summed E-state index contributed by atoms with van der Waals surface area (Å²) in [4.78, 5) is 20.4. The number of aromatic nitrogens is 5. The Morgan fingerprint density at radius 2 is 0.873 bits per heavy atom. The van der Waals surface area contributed by atoms with Gasteiger partial charge in [0, 0.05) is 39.2 Å². The number of nitrogens with zero attached hydrogens (tertiary/aromatic N) is 5. The van der Waals surface area contributed by atoms with Gasteiger partial charge in [-0.25, -0.2) is 19.9 Å². The number of hydrogen-bond acceptors (Lipinski definition) is 4. The van der Waals surface area contributed by atoms with Crippen LogP contribution in [0.3, 0.4) is 0 Å². The SMILES string of the molecule is c1ccc2cc(-c3cc(-c4ccc(-c5ccc(-c6nc7c(nc8ccccn87)c7ccccc67)cc5)cc4)nc(-c4ccc5ccccc5c4)n3)ccc2c1. The normalized spacial score (nSPS) is 11.6. The quantitative estimate of drug-likeness (QED) is 0.179. The van der Waals surface area contributed by atoms with E-state index in [0.29, 0.717) is 5.82 Å². The fraction of sp³-hybridized carbons (Fsp3) is 0. The van der Waals surface area contributed by atoms with Crippen LogP contribution in [0.25, 0.3) is 105 Å². The van der Waals surface area contributed by atoms with E-state index in [9.17, 15) is 0 Å². The second kappa shape index (κ2) is 12.6. The summed E-state index contributed by atoms with van der Waals surface area (Å²) in [6.07, 6.45) is 2.03. The first-order valence-corrected chi connectivity index (χ1v) is 18.5. The van der Waals surface area contributed by atoms with Crippen molar-refractivity contribution in [2.24, 2.45) is 0 Å². The molecule has 0 radical (unpaired) electrons. The molecule has 0 aliphatic rings. The van der Waals surface area contributed by atoms with Gasteiger partial charge in [-0.2, -0.15) is 0 Å². The molecule has 5 heteroatoms. The molecule has 0 aliphatic heterocycles. The summed E-state index contributed by atoms with van der Waals surface area (Å²) < 4.78 is 2.06. The summed E-state index contributed by atoms with van der Waals surface area (Å²) in [5.74, 6) is 0.703. The summed E-state index contributed by atoms with van der Waals surface area (Å²) in [6, 6.07) is 63.8. The number of benzene rings is 7. The molecule has 0 spiro atoms. The third kappa shape index (κ3) is 5.41. The maximum Gasteiger partial charge on any atom is 0.165 e. The topological polar surface area (TPSA) is 56.0 Å². The number of fused-ring (bicyclic) bond motifs is 7. The highest BCUT2D eigenvalue weighted by molar-refractivity contribution is 6.09. The van der Waals surface area contributed by atoms with Gasteiger partial charge in [0.1, 0.15) is 11.2 Å². The van der Waals surface area contributed by atoms with Gasteiger partial charge in [0.25, 0.3) is 0 Å². The fourth-order valence-corrected chi connectivity index (χ4v) is 7.76. The summed E-state index contributed by atoms with van der Waals surface area (Å²) in [6.45, 7) is 0. The molecule has 256 valence electrons. The molecule has 7 aromatic carbocycles. The van der Waals surface area contributed by atoms with E-state index < -0.39 is 0 Å². The zero-order valence-corrected chi connectivity index (χ0v) is 29.6. The Morgan fingerprint density at radius 3 is 1.58 bits per heavy atom. The van der Waals surface area contributed by atoms with E-state index >= 15 is 0 Å². The van der Waals surface area contributed by atoms with Crippen molar-refractivity contribution in [1.29, 1.82) is 0 Å². The van der Waals surface area contributed by atoms with Crippen molar-refractivity contribution in [3.05, 3.63) is 188 Å². The minimum atomic E-state index is 0.703. The molecule has 55 heavy (non-hydrogen) atoms. The van der Waals surface area contributed by atoms with E-state index in [2.05, 4.69) is 168 Å². The first-order valence-electron chi connectivity index (χ1n) is 18.5. The van der Waals surface area contributed by atoms with Crippen molar-refractivity contribution < 1.29 is 0 Å². The van der Waals surface area contributed by atoms with E-state index in [1.807, 2.05) is 24.4 Å². The molecule has 0 saturated heterocycles. The second-order valence-corrected chi connectivity index (χ2v) is 14.0. The number of rotatable bonds is 5. The monoisotopic (exact) mass is 701 g/mol. The van der Waals surface area contributed by atoms with E-state index in [1.165, 1.54) is 16.2 Å². The Morgan fingerprint density at radius 1 is 0.345 bits per heavy atom. The predicted octanol–water partition coefficient (Wildman–Crippen LogP) is 12.5. The molecule has 0 unspecified atom stereocenters. The van der Waals surface area contributed by atoms with Crippen molar-refractivity contribution in [1.82, 2.24) is 24.3 Å². The molecule has 5 nitrogen and oxygen atoms in total. The maximum atomic E-state index is 5.19. The molecule has 0 aliphatic carbocycles. The lowest BCUT2D eigenvalue weighted by atomic mass is 9.98. The molecule has 0 saturated carbocycles. The van der Waals surface area contributed by atoms with Gasteiger partial charge >= 0.3 is 0 Å². The average Bonchev–Trinajstić information content (AvgIpc) is 3.65. The molecule has 0 N–H and O–H groups in total. The molecular weight excluding hydrogens is 671 g/mol. The lowest BCUT2D eigenvalue weighted by Crippen LogP contribution is -1.96. The lowest BCUT2D eigenvalue weighted by molar-refractivity contribution is 1.18. The van der Waals surface area contributed by atoms with Gasteiger partial charge in [0.05, 0.1) is 17.1 Å². The van der Waals surface area contributed by atoms with Crippen molar-refractivity contribution in [2.75, 3.05) is 0 Å². The van der Waals surface area contributed by atoms with Crippen molar-refractivity contribution in [3.63, 3.8) is 0 Å². The second-order valence-electron chi connectivity index (χ2n) is 14.0. The number of pyridine rings is 2. The zero-order valence-electron chi connectivity index (χ0n) is 29.6. The van der Waals surface area contributed by atoms with Gasteiger partial charge in [-0.05, 0) is 63.0 Å². The largest absolute Gasteiger partial charge is 0.284 e. The van der Waals surface area contributed by atoms with E-state index in [4.69, 9.17) is 19.9 Å². The van der Waals surface area contributed by atoms with Crippen LogP contribution < -0.4 is 0 Å². The molecule has 0 amide bonds. The third-order valence-corrected chi connectivity index (χ3v) is 10.6. The number of hydrogen-bond donors (Lipinski definition) is 0. The van der Waals surface area contributed by atoms with Gasteiger partial charge in [0.2, 0.25) is 0 Å². The van der Waals surface area contributed by atoms with E-state index in [-0.39, 0.29) is 0 Å². The highest BCUT2D eigenvalue weighted by Gasteiger charge is 2.16. The Kier molecular flexibility index (Phi) is 7.10. The third-order valence-electron chi connectivity index (χ3n) is 10.6. The van der Waals surface area contributed by atoms with Gasteiger partial charge in [-0.3, -0.25) is 4.40 Å². The Hall–Kier alpha value is -7.50. The first kappa shape index (κ1) is 31.1. The molecule has 0 bridgehead atoms.